The third kappa shape index (κ3) is 4.45. The van der Waals surface area contributed by atoms with Crippen LogP contribution in [0.2, 0.25) is 0 Å². The van der Waals surface area contributed by atoms with Crippen LogP contribution in [0.1, 0.15) is 37.9 Å². The molecular weight excluding hydrogens is 218 g/mol. The molecule has 1 rings (SSSR count). The van der Waals surface area contributed by atoms with E-state index in [1.165, 1.54) is 19.3 Å². The number of benzene rings is 1. The lowest BCUT2D eigenvalue weighted by Crippen LogP contribution is -2.04. The number of aliphatic hydroxyl groups is 1. The van der Waals surface area contributed by atoms with Gasteiger partial charge in [-0.1, -0.05) is 38.0 Å². The maximum atomic E-state index is 9.96. The van der Waals surface area contributed by atoms with E-state index in [1.54, 1.807) is 11.8 Å². The molecule has 0 aliphatic heterocycles. The van der Waals surface area contributed by atoms with Crippen LogP contribution in [-0.4, -0.2) is 16.6 Å². The molecule has 0 aliphatic carbocycles. The van der Waals surface area contributed by atoms with E-state index in [0.29, 0.717) is 5.69 Å². The lowest BCUT2D eigenvalue weighted by atomic mass is 10.1. The Morgan fingerprint density at radius 1 is 1.31 bits per heavy atom. The third-order valence-electron chi connectivity index (χ3n) is 2.52. The van der Waals surface area contributed by atoms with Gasteiger partial charge < -0.3 is 10.8 Å². The predicted octanol–water partition coefficient (Wildman–Crippen LogP) is 3.23. The average Bonchev–Trinajstić information content (AvgIpc) is 2.29. The fourth-order valence-corrected chi connectivity index (χ4v) is 2.53. The van der Waals surface area contributed by atoms with E-state index in [4.69, 9.17) is 5.73 Å². The van der Waals surface area contributed by atoms with Crippen molar-refractivity contribution in [3.8, 4) is 0 Å². The van der Waals surface area contributed by atoms with Crippen LogP contribution in [-0.2, 0) is 0 Å². The summed E-state index contributed by atoms with van der Waals surface area (Å²) < 4.78 is 0. The maximum absolute atomic E-state index is 9.96. The number of hydrogen-bond acceptors (Lipinski definition) is 3. The summed E-state index contributed by atoms with van der Waals surface area (Å²) in [6.45, 7) is 2.20. The summed E-state index contributed by atoms with van der Waals surface area (Å²) in [5.74, 6) is 1.86. The van der Waals surface area contributed by atoms with E-state index in [1.807, 2.05) is 24.3 Å². The first kappa shape index (κ1) is 13.4. The Hall–Kier alpha value is -0.670. The Balaban J connectivity index is 2.30. The normalized spacial score (nSPS) is 12.6. The average molecular weight is 239 g/mol. The van der Waals surface area contributed by atoms with Crippen molar-refractivity contribution in [2.24, 2.45) is 0 Å². The second-order valence-corrected chi connectivity index (χ2v) is 5.08. The summed E-state index contributed by atoms with van der Waals surface area (Å²) in [6, 6.07) is 7.53. The van der Waals surface area contributed by atoms with Crippen molar-refractivity contribution in [3.63, 3.8) is 0 Å². The fourth-order valence-electron chi connectivity index (χ4n) is 1.55. The van der Waals surface area contributed by atoms with Crippen molar-refractivity contribution in [1.82, 2.24) is 0 Å². The number of thioether (sulfide) groups is 1. The molecule has 3 heteroatoms. The molecule has 0 aromatic heterocycles. The van der Waals surface area contributed by atoms with E-state index in [0.717, 1.165) is 17.1 Å². The highest BCUT2D eigenvalue weighted by Gasteiger charge is 2.09. The fraction of sp³-hybridized carbons (Fsp3) is 0.538. The molecule has 1 unspecified atom stereocenters. The van der Waals surface area contributed by atoms with Gasteiger partial charge in [-0.25, -0.2) is 0 Å². The molecule has 0 fully saturated rings. The topological polar surface area (TPSA) is 46.2 Å². The van der Waals surface area contributed by atoms with Crippen LogP contribution in [0.5, 0.6) is 0 Å². The quantitative estimate of drug-likeness (QED) is 0.567. The number of anilines is 1. The first-order valence-electron chi connectivity index (χ1n) is 5.86. The third-order valence-corrected chi connectivity index (χ3v) is 3.65. The summed E-state index contributed by atoms with van der Waals surface area (Å²) in [6.07, 6.45) is 3.32. The van der Waals surface area contributed by atoms with Crippen molar-refractivity contribution >= 4 is 17.4 Å². The minimum Gasteiger partial charge on any atom is -0.398 e. The second-order valence-electron chi connectivity index (χ2n) is 3.93. The van der Waals surface area contributed by atoms with Gasteiger partial charge in [-0.3, -0.25) is 0 Å². The lowest BCUT2D eigenvalue weighted by Gasteiger charge is -2.12. The molecule has 1 aromatic carbocycles. The zero-order valence-corrected chi connectivity index (χ0v) is 10.7. The number of rotatable bonds is 7. The highest BCUT2D eigenvalue weighted by Crippen LogP contribution is 2.23. The molecule has 0 bridgehead atoms. The first-order chi connectivity index (χ1) is 7.75. The number of nitrogens with two attached hydrogens (primary N) is 1. The maximum Gasteiger partial charge on any atom is 0.0900 e. The Labute approximate surface area is 102 Å². The van der Waals surface area contributed by atoms with E-state index < -0.39 is 6.10 Å². The van der Waals surface area contributed by atoms with Crippen molar-refractivity contribution in [3.05, 3.63) is 29.8 Å². The Bertz CT molecular complexity index is 304. The number of hydrogen-bond donors (Lipinski definition) is 2. The highest BCUT2D eigenvalue weighted by molar-refractivity contribution is 7.99. The summed E-state index contributed by atoms with van der Waals surface area (Å²) in [5, 5.41) is 9.96. The van der Waals surface area contributed by atoms with E-state index >= 15 is 0 Å². The van der Waals surface area contributed by atoms with Crippen LogP contribution in [0.3, 0.4) is 0 Å². The van der Waals surface area contributed by atoms with Gasteiger partial charge in [0.2, 0.25) is 0 Å². The molecule has 0 amide bonds. The van der Waals surface area contributed by atoms with Gasteiger partial charge in [-0.2, -0.15) is 11.8 Å². The van der Waals surface area contributed by atoms with Gasteiger partial charge in [-0.15, -0.1) is 0 Å². The summed E-state index contributed by atoms with van der Waals surface area (Å²) in [7, 11) is 0. The van der Waals surface area contributed by atoms with E-state index in [2.05, 4.69) is 6.92 Å². The molecule has 16 heavy (non-hydrogen) atoms. The van der Waals surface area contributed by atoms with Gasteiger partial charge in [0.25, 0.3) is 0 Å². The molecule has 0 aliphatic rings. The zero-order chi connectivity index (χ0) is 11.8. The Morgan fingerprint density at radius 2 is 2.06 bits per heavy atom. The summed E-state index contributed by atoms with van der Waals surface area (Å²) >= 11 is 1.80. The smallest absolute Gasteiger partial charge is 0.0900 e. The summed E-state index contributed by atoms with van der Waals surface area (Å²) in [5.41, 5.74) is 7.34. The van der Waals surface area contributed by atoms with Crippen LogP contribution in [0.15, 0.2) is 24.3 Å². The monoisotopic (exact) mass is 239 g/mol. The number of unbranched alkanes of at least 4 members (excludes halogenated alkanes) is 2. The zero-order valence-electron chi connectivity index (χ0n) is 9.86. The van der Waals surface area contributed by atoms with Gasteiger partial charge >= 0.3 is 0 Å². The molecule has 2 nitrogen and oxygen atoms in total. The molecular formula is C13H21NOS. The highest BCUT2D eigenvalue weighted by atomic mass is 32.2. The molecule has 90 valence electrons. The minimum atomic E-state index is -0.437. The minimum absolute atomic E-state index is 0.437. The van der Waals surface area contributed by atoms with Crippen molar-refractivity contribution in [2.45, 2.75) is 32.3 Å². The second kappa shape index (κ2) is 7.58. The molecule has 0 radical (unpaired) electrons. The Morgan fingerprint density at radius 3 is 2.75 bits per heavy atom. The van der Waals surface area contributed by atoms with Crippen molar-refractivity contribution in [1.29, 1.82) is 0 Å². The van der Waals surface area contributed by atoms with Gasteiger partial charge in [0.15, 0.2) is 0 Å². The largest absolute Gasteiger partial charge is 0.398 e. The number of para-hydroxylation sites is 1. The van der Waals surface area contributed by atoms with Gasteiger partial charge in [0, 0.05) is 17.0 Å². The van der Waals surface area contributed by atoms with Crippen molar-refractivity contribution in [2.75, 3.05) is 17.2 Å². The molecule has 0 spiro atoms. The Kier molecular flexibility index (Phi) is 6.34. The van der Waals surface area contributed by atoms with E-state index in [9.17, 15) is 5.11 Å². The van der Waals surface area contributed by atoms with Gasteiger partial charge in [-0.05, 0) is 18.2 Å². The molecule has 3 N–H and O–H groups in total. The van der Waals surface area contributed by atoms with Gasteiger partial charge in [0.05, 0.1) is 6.10 Å². The van der Waals surface area contributed by atoms with E-state index in [-0.39, 0.29) is 0 Å². The molecule has 0 saturated carbocycles. The molecule has 1 atom stereocenters. The first-order valence-corrected chi connectivity index (χ1v) is 7.01. The lowest BCUT2D eigenvalue weighted by molar-refractivity contribution is 0.205. The van der Waals surface area contributed by atoms with Crippen LogP contribution in [0, 0.1) is 0 Å². The number of nitrogen functional groups attached to an aromatic ring is 1. The van der Waals surface area contributed by atoms with Crippen LogP contribution in [0.4, 0.5) is 5.69 Å². The molecule has 1 aromatic rings. The van der Waals surface area contributed by atoms with Gasteiger partial charge in [0.1, 0.15) is 0 Å². The van der Waals surface area contributed by atoms with Crippen LogP contribution >= 0.6 is 11.8 Å². The predicted molar refractivity (Wildman–Crippen MR) is 72.7 cm³/mol. The number of aliphatic hydroxyl groups excluding tert-OH is 1. The van der Waals surface area contributed by atoms with Crippen LogP contribution in [0.25, 0.3) is 0 Å². The standard InChI is InChI=1S/C13H21NOS/c1-2-3-6-9-16-10-13(15)11-7-4-5-8-12(11)14/h4-5,7-8,13,15H,2-3,6,9-10,14H2,1H3. The molecule has 0 saturated heterocycles. The molecule has 0 heterocycles. The van der Waals surface area contributed by atoms with Crippen LogP contribution < -0.4 is 5.73 Å². The van der Waals surface area contributed by atoms with Crippen molar-refractivity contribution < 1.29 is 5.11 Å². The SMILES string of the molecule is CCCCCSCC(O)c1ccccc1N. The summed E-state index contributed by atoms with van der Waals surface area (Å²) in [4.78, 5) is 0.